The van der Waals surface area contributed by atoms with Gasteiger partial charge < -0.3 is 4.74 Å². The normalized spacial score (nSPS) is 9.95. The van der Waals surface area contributed by atoms with Crippen LogP contribution in [0.1, 0.15) is 15.9 Å². The summed E-state index contributed by atoms with van der Waals surface area (Å²) in [5.74, 6) is 0.347. The highest BCUT2D eigenvalue weighted by atomic mass is 16.6. The molecule has 0 radical (unpaired) electrons. The first-order valence-corrected chi connectivity index (χ1v) is 5.89. The second kappa shape index (κ2) is 6.56. The van der Waals surface area contributed by atoms with Crippen molar-refractivity contribution in [2.24, 2.45) is 0 Å². The van der Waals surface area contributed by atoms with E-state index in [1.807, 2.05) is 36.4 Å². The molecule has 0 aromatic heterocycles. The van der Waals surface area contributed by atoms with E-state index in [1.165, 1.54) is 7.11 Å². The standard InChI is InChI=1S/C15H15NO3/c1-18-16-15(17)13-8-5-9-14(10-13)19-11-12-6-3-2-4-7-12/h2-10H,11H2,1H3,(H,16,17). The average molecular weight is 257 g/mol. The largest absolute Gasteiger partial charge is 0.489 e. The number of benzene rings is 2. The van der Waals surface area contributed by atoms with Crippen LogP contribution in [0.5, 0.6) is 5.75 Å². The van der Waals surface area contributed by atoms with Crippen LogP contribution in [0.4, 0.5) is 0 Å². The lowest BCUT2D eigenvalue weighted by atomic mass is 10.2. The Bertz CT molecular complexity index is 540. The van der Waals surface area contributed by atoms with Crippen LogP contribution in [0.3, 0.4) is 0 Å². The molecule has 0 aliphatic carbocycles. The summed E-state index contributed by atoms with van der Waals surface area (Å²) in [6, 6.07) is 16.8. The van der Waals surface area contributed by atoms with Gasteiger partial charge in [0.1, 0.15) is 12.4 Å². The highest BCUT2D eigenvalue weighted by Crippen LogP contribution is 2.15. The Morgan fingerprint density at radius 2 is 1.89 bits per heavy atom. The smallest absolute Gasteiger partial charge is 0.274 e. The molecule has 19 heavy (non-hydrogen) atoms. The van der Waals surface area contributed by atoms with Crippen molar-refractivity contribution in [1.29, 1.82) is 0 Å². The fourth-order valence-corrected chi connectivity index (χ4v) is 1.62. The van der Waals surface area contributed by atoms with Gasteiger partial charge >= 0.3 is 0 Å². The summed E-state index contributed by atoms with van der Waals surface area (Å²) >= 11 is 0. The predicted octanol–water partition coefficient (Wildman–Crippen LogP) is 2.56. The van der Waals surface area contributed by atoms with Crippen molar-refractivity contribution in [2.45, 2.75) is 6.61 Å². The van der Waals surface area contributed by atoms with E-state index in [1.54, 1.807) is 18.2 Å². The quantitative estimate of drug-likeness (QED) is 0.837. The molecular formula is C15H15NO3. The summed E-state index contributed by atoms with van der Waals surface area (Å²) in [7, 11) is 1.40. The van der Waals surface area contributed by atoms with Crippen LogP contribution in [0.15, 0.2) is 54.6 Å². The Morgan fingerprint density at radius 1 is 1.11 bits per heavy atom. The first-order valence-electron chi connectivity index (χ1n) is 5.89. The molecule has 0 bridgehead atoms. The third-order valence-electron chi connectivity index (χ3n) is 2.54. The van der Waals surface area contributed by atoms with Crippen molar-refractivity contribution >= 4 is 5.91 Å². The fourth-order valence-electron chi connectivity index (χ4n) is 1.62. The van der Waals surface area contributed by atoms with Crippen LogP contribution in [-0.2, 0) is 11.4 Å². The van der Waals surface area contributed by atoms with Crippen LogP contribution >= 0.6 is 0 Å². The molecule has 2 aromatic carbocycles. The maximum absolute atomic E-state index is 11.6. The van der Waals surface area contributed by atoms with E-state index in [2.05, 4.69) is 10.3 Å². The van der Waals surface area contributed by atoms with E-state index in [0.717, 1.165) is 5.56 Å². The predicted molar refractivity (Wildman–Crippen MR) is 71.7 cm³/mol. The van der Waals surface area contributed by atoms with Gasteiger partial charge in [0, 0.05) is 5.56 Å². The number of carbonyl (C=O) groups is 1. The Morgan fingerprint density at radius 3 is 2.63 bits per heavy atom. The molecule has 0 heterocycles. The Kier molecular flexibility index (Phi) is 4.53. The van der Waals surface area contributed by atoms with Crippen molar-refractivity contribution in [3.63, 3.8) is 0 Å². The molecule has 4 nitrogen and oxygen atoms in total. The molecule has 1 amide bonds. The molecule has 2 aromatic rings. The number of carbonyl (C=O) groups excluding carboxylic acids is 1. The number of ether oxygens (including phenoxy) is 1. The topological polar surface area (TPSA) is 47.6 Å². The number of hydrogen-bond acceptors (Lipinski definition) is 3. The van der Waals surface area contributed by atoms with Crippen LogP contribution in [0.25, 0.3) is 0 Å². The third-order valence-corrected chi connectivity index (χ3v) is 2.54. The van der Waals surface area contributed by atoms with Gasteiger partial charge in [-0.15, -0.1) is 0 Å². The van der Waals surface area contributed by atoms with Gasteiger partial charge in [-0.3, -0.25) is 9.63 Å². The van der Waals surface area contributed by atoms with Crippen molar-refractivity contribution < 1.29 is 14.4 Å². The lowest BCUT2D eigenvalue weighted by Crippen LogP contribution is -2.21. The molecule has 2 rings (SSSR count). The molecule has 4 heteroatoms. The Balaban J connectivity index is 2.01. The number of rotatable bonds is 5. The van der Waals surface area contributed by atoms with Gasteiger partial charge in [0.25, 0.3) is 5.91 Å². The molecule has 0 saturated heterocycles. The van der Waals surface area contributed by atoms with E-state index in [0.29, 0.717) is 17.9 Å². The van der Waals surface area contributed by atoms with Gasteiger partial charge in [0.05, 0.1) is 7.11 Å². The van der Waals surface area contributed by atoms with Crippen LogP contribution in [0.2, 0.25) is 0 Å². The second-order valence-electron chi connectivity index (χ2n) is 3.94. The van der Waals surface area contributed by atoms with Gasteiger partial charge in [-0.05, 0) is 23.8 Å². The molecule has 0 aliphatic heterocycles. The minimum atomic E-state index is -0.298. The molecule has 98 valence electrons. The SMILES string of the molecule is CONC(=O)c1cccc(OCc2ccccc2)c1. The van der Waals surface area contributed by atoms with E-state index in [4.69, 9.17) is 4.74 Å². The summed E-state index contributed by atoms with van der Waals surface area (Å²) in [5, 5.41) is 0. The molecule has 0 fully saturated rings. The number of amides is 1. The number of nitrogens with one attached hydrogen (secondary N) is 1. The van der Waals surface area contributed by atoms with Crippen molar-refractivity contribution in [3.8, 4) is 5.75 Å². The van der Waals surface area contributed by atoms with E-state index in [9.17, 15) is 4.79 Å². The van der Waals surface area contributed by atoms with Crippen molar-refractivity contribution in [3.05, 3.63) is 65.7 Å². The average Bonchev–Trinajstić information content (AvgIpc) is 2.47. The summed E-state index contributed by atoms with van der Waals surface area (Å²) in [5.41, 5.74) is 3.84. The molecule has 0 spiro atoms. The molecule has 0 aliphatic rings. The van der Waals surface area contributed by atoms with E-state index < -0.39 is 0 Å². The molecule has 1 N–H and O–H groups in total. The molecular weight excluding hydrogens is 242 g/mol. The highest BCUT2D eigenvalue weighted by Gasteiger charge is 2.05. The second-order valence-corrected chi connectivity index (χ2v) is 3.94. The Hall–Kier alpha value is -2.33. The van der Waals surface area contributed by atoms with Crippen LogP contribution in [0, 0.1) is 0 Å². The summed E-state index contributed by atoms with van der Waals surface area (Å²) < 4.78 is 5.64. The van der Waals surface area contributed by atoms with E-state index >= 15 is 0 Å². The zero-order valence-electron chi connectivity index (χ0n) is 10.6. The number of hydroxylamine groups is 1. The highest BCUT2D eigenvalue weighted by molar-refractivity contribution is 5.93. The van der Waals surface area contributed by atoms with Gasteiger partial charge in [-0.25, -0.2) is 5.48 Å². The van der Waals surface area contributed by atoms with Gasteiger partial charge in [-0.2, -0.15) is 0 Å². The number of hydrogen-bond donors (Lipinski definition) is 1. The van der Waals surface area contributed by atoms with Gasteiger partial charge in [-0.1, -0.05) is 36.4 Å². The summed E-state index contributed by atoms with van der Waals surface area (Å²) in [4.78, 5) is 16.2. The molecule has 0 unspecified atom stereocenters. The van der Waals surface area contributed by atoms with Crippen molar-refractivity contribution in [2.75, 3.05) is 7.11 Å². The minimum Gasteiger partial charge on any atom is -0.489 e. The lowest BCUT2D eigenvalue weighted by Gasteiger charge is -2.08. The summed E-state index contributed by atoms with van der Waals surface area (Å²) in [6.45, 7) is 0.468. The van der Waals surface area contributed by atoms with E-state index in [-0.39, 0.29) is 5.91 Å². The maximum atomic E-state index is 11.6. The third kappa shape index (κ3) is 3.82. The molecule has 0 saturated carbocycles. The maximum Gasteiger partial charge on any atom is 0.274 e. The fraction of sp³-hybridized carbons (Fsp3) is 0.133. The zero-order valence-corrected chi connectivity index (χ0v) is 10.6. The minimum absolute atomic E-state index is 0.298. The van der Waals surface area contributed by atoms with Crippen molar-refractivity contribution in [1.82, 2.24) is 5.48 Å². The van der Waals surface area contributed by atoms with Gasteiger partial charge in [0.15, 0.2) is 0 Å². The van der Waals surface area contributed by atoms with Crippen LogP contribution < -0.4 is 10.2 Å². The Labute approximate surface area is 111 Å². The molecule has 0 atom stereocenters. The lowest BCUT2D eigenvalue weighted by molar-refractivity contribution is 0.0537. The van der Waals surface area contributed by atoms with Crippen LogP contribution in [-0.4, -0.2) is 13.0 Å². The first kappa shape index (κ1) is 13.1. The first-order chi connectivity index (χ1) is 9.29. The van der Waals surface area contributed by atoms with Gasteiger partial charge in [0.2, 0.25) is 0 Å². The summed E-state index contributed by atoms with van der Waals surface area (Å²) in [6.07, 6.45) is 0. The monoisotopic (exact) mass is 257 g/mol. The zero-order chi connectivity index (χ0) is 13.5.